The van der Waals surface area contributed by atoms with Gasteiger partial charge in [-0.1, -0.05) is 157 Å². The maximum atomic E-state index is 12.6. The lowest BCUT2D eigenvalue weighted by Gasteiger charge is -2.20. The fraction of sp³-hybridized carbons (Fsp3) is 0.682. The lowest BCUT2D eigenvalue weighted by Crippen LogP contribution is -2.29. The van der Waals surface area contributed by atoms with E-state index in [1.807, 2.05) is 18.2 Å². The highest BCUT2D eigenvalue weighted by molar-refractivity contribution is 7.47. The Balaban J connectivity index is 4.50. The second-order valence-electron chi connectivity index (χ2n) is 13.7. The Hall–Kier alpha value is -2.59. The van der Waals surface area contributed by atoms with E-state index in [-0.39, 0.29) is 19.4 Å². The highest BCUT2D eigenvalue weighted by Gasteiger charge is 2.27. The average molecular weight is 795 g/mol. The van der Waals surface area contributed by atoms with Gasteiger partial charge in [0.25, 0.3) is 0 Å². The Kier molecular flexibility index (Phi) is 37.8. The van der Waals surface area contributed by atoms with Crippen LogP contribution in [0.4, 0.5) is 0 Å². The molecule has 0 spiro atoms. The predicted octanol–water partition coefficient (Wildman–Crippen LogP) is 10.9. The zero-order chi connectivity index (χ0) is 40.5. The first-order chi connectivity index (χ1) is 26.7. The van der Waals surface area contributed by atoms with Crippen molar-refractivity contribution in [2.24, 2.45) is 0 Å². The van der Waals surface area contributed by atoms with Gasteiger partial charge in [0.1, 0.15) is 12.7 Å². The number of esters is 2. The van der Waals surface area contributed by atoms with Crippen LogP contribution in [0, 0.1) is 0 Å². The number of carbonyl (C=O) groups excluding carboxylic acids is 2. The molecule has 316 valence electrons. The normalized spacial score (nSPS) is 14.6. The second-order valence-corrected chi connectivity index (χ2v) is 15.1. The number of unbranched alkanes of at least 4 members (excludes halogenated alkanes) is 12. The number of carbonyl (C=O) groups is 2. The number of hydrogen-bond acceptors (Lipinski definition) is 9. The van der Waals surface area contributed by atoms with Gasteiger partial charge in [0.2, 0.25) is 0 Å². The molecule has 3 unspecified atom stereocenters. The SMILES string of the molecule is CCCC=CCC=CCC=CCC=CCC=CCCC(=O)OC(COC(=O)CCC=CCCCCCCCCCCCCC)COP(=O)(O)OCC(O)CO. The lowest BCUT2D eigenvalue weighted by atomic mass is 10.1. The van der Waals surface area contributed by atoms with Gasteiger partial charge < -0.3 is 24.6 Å². The van der Waals surface area contributed by atoms with Gasteiger partial charge in [0.15, 0.2) is 6.10 Å². The van der Waals surface area contributed by atoms with E-state index in [1.165, 1.54) is 70.6 Å². The van der Waals surface area contributed by atoms with Crippen molar-refractivity contribution < 1.29 is 47.8 Å². The summed E-state index contributed by atoms with van der Waals surface area (Å²) in [5.74, 6) is -1.08. The number of ether oxygens (including phenoxy) is 2. The summed E-state index contributed by atoms with van der Waals surface area (Å²) in [6.45, 7) is 2.17. The molecular formula is C44H75O10P. The molecule has 0 saturated heterocycles. The molecule has 0 aliphatic carbocycles. The van der Waals surface area contributed by atoms with Crippen LogP contribution in [0.5, 0.6) is 0 Å². The van der Waals surface area contributed by atoms with Crippen LogP contribution in [0.25, 0.3) is 0 Å². The Morgan fingerprint density at radius 3 is 1.51 bits per heavy atom. The molecule has 0 aliphatic rings. The molecule has 0 aromatic carbocycles. The summed E-state index contributed by atoms with van der Waals surface area (Å²) >= 11 is 0. The van der Waals surface area contributed by atoms with E-state index in [1.54, 1.807) is 0 Å². The summed E-state index contributed by atoms with van der Waals surface area (Å²) in [6, 6.07) is 0. The Bertz CT molecular complexity index is 1140. The first-order valence-electron chi connectivity index (χ1n) is 20.9. The highest BCUT2D eigenvalue weighted by Crippen LogP contribution is 2.43. The van der Waals surface area contributed by atoms with Crippen molar-refractivity contribution in [1.82, 2.24) is 0 Å². The number of phosphoric ester groups is 1. The lowest BCUT2D eigenvalue weighted by molar-refractivity contribution is -0.161. The van der Waals surface area contributed by atoms with Crippen LogP contribution in [-0.2, 0) is 32.7 Å². The Morgan fingerprint density at radius 1 is 0.545 bits per heavy atom. The molecule has 3 atom stereocenters. The molecule has 55 heavy (non-hydrogen) atoms. The minimum Gasteiger partial charge on any atom is -0.462 e. The van der Waals surface area contributed by atoms with Crippen LogP contribution < -0.4 is 0 Å². The topological polar surface area (TPSA) is 149 Å². The quantitative estimate of drug-likeness (QED) is 0.0239. The average Bonchev–Trinajstić information content (AvgIpc) is 3.17. The second kappa shape index (κ2) is 39.6. The van der Waals surface area contributed by atoms with E-state index in [4.69, 9.17) is 19.1 Å². The van der Waals surface area contributed by atoms with Crippen LogP contribution in [0.3, 0.4) is 0 Å². The fourth-order valence-electron chi connectivity index (χ4n) is 5.12. The third-order valence-electron chi connectivity index (χ3n) is 8.34. The maximum Gasteiger partial charge on any atom is 0.472 e. The molecule has 0 bridgehead atoms. The first kappa shape index (κ1) is 52.4. The van der Waals surface area contributed by atoms with E-state index < -0.39 is 51.8 Å². The van der Waals surface area contributed by atoms with Crippen molar-refractivity contribution >= 4 is 19.8 Å². The molecule has 3 N–H and O–H groups in total. The van der Waals surface area contributed by atoms with Crippen LogP contribution in [0.1, 0.15) is 155 Å². The summed E-state index contributed by atoms with van der Waals surface area (Å²) < 4.78 is 32.5. The molecule has 0 amide bonds. The number of hydrogen-bond donors (Lipinski definition) is 3. The molecular weight excluding hydrogens is 719 g/mol. The van der Waals surface area contributed by atoms with Crippen molar-refractivity contribution in [3.05, 3.63) is 72.9 Å². The number of rotatable bonds is 38. The van der Waals surface area contributed by atoms with E-state index in [0.717, 1.165) is 44.9 Å². The third-order valence-corrected chi connectivity index (χ3v) is 9.29. The van der Waals surface area contributed by atoms with Crippen LogP contribution in [0.15, 0.2) is 72.9 Å². The van der Waals surface area contributed by atoms with Crippen LogP contribution in [0.2, 0.25) is 0 Å². The third kappa shape index (κ3) is 39.4. The number of phosphoric acid groups is 1. The standard InChI is InChI=1S/C44H75O10P/c1-3-5-7-9-11-13-15-17-19-20-22-24-26-28-30-32-34-36-44(48)54-42(40-53-55(49,50)52-38-41(46)37-45)39-51-43(47)35-33-31-29-27-25-23-21-18-16-14-12-10-8-6-4-2/h7,9,13,15,19-20,24,26,29-32,41-42,45-46H,3-6,8,10-12,14,16-18,21-23,25,27-28,33-40H2,1-2H3,(H,49,50). The van der Waals surface area contributed by atoms with Gasteiger partial charge in [-0.25, -0.2) is 4.57 Å². The van der Waals surface area contributed by atoms with E-state index in [9.17, 15) is 24.2 Å². The molecule has 0 rings (SSSR count). The largest absolute Gasteiger partial charge is 0.472 e. The fourth-order valence-corrected chi connectivity index (χ4v) is 5.91. The molecule has 11 heteroatoms. The molecule has 0 aliphatic heterocycles. The van der Waals surface area contributed by atoms with Gasteiger partial charge >= 0.3 is 19.8 Å². The van der Waals surface area contributed by atoms with Crippen molar-refractivity contribution in [3.8, 4) is 0 Å². The van der Waals surface area contributed by atoms with Crippen molar-refractivity contribution in [3.63, 3.8) is 0 Å². The molecule has 0 fully saturated rings. The maximum absolute atomic E-state index is 12.6. The number of allylic oxidation sites excluding steroid dienone is 12. The molecule has 10 nitrogen and oxygen atoms in total. The minimum absolute atomic E-state index is 0.0508. The van der Waals surface area contributed by atoms with Gasteiger partial charge in [-0.2, -0.15) is 0 Å². The molecule has 0 saturated carbocycles. The van der Waals surface area contributed by atoms with Gasteiger partial charge in [-0.3, -0.25) is 18.6 Å². The summed E-state index contributed by atoms with van der Waals surface area (Å²) in [5.41, 5.74) is 0. The zero-order valence-corrected chi connectivity index (χ0v) is 35.0. The molecule has 0 heterocycles. The summed E-state index contributed by atoms with van der Waals surface area (Å²) in [5, 5.41) is 18.3. The van der Waals surface area contributed by atoms with Crippen LogP contribution >= 0.6 is 7.82 Å². The number of aliphatic hydroxyl groups excluding tert-OH is 2. The highest BCUT2D eigenvalue weighted by atomic mass is 31.2. The summed E-state index contributed by atoms with van der Waals surface area (Å²) in [4.78, 5) is 34.9. The van der Waals surface area contributed by atoms with E-state index >= 15 is 0 Å². The van der Waals surface area contributed by atoms with Crippen LogP contribution in [-0.4, -0.2) is 65.7 Å². The Labute approximate surface area is 333 Å². The van der Waals surface area contributed by atoms with E-state index in [0.29, 0.717) is 12.8 Å². The van der Waals surface area contributed by atoms with Gasteiger partial charge in [-0.15, -0.1) is 0 Å². The van der Waals surface area contributed by atoms with Gasteiger partial charge in [-0.05, 0) is 57.8 Å². The van der Waals surface area contributed by atoms with Crippen molar-refractivity contribution in [2.45, 2.75) is 167 Å². The predicted molar refractivity (Wildman–Crippen MR) is 223 cm³/mol. The first-order valence-corrected chi connectivity index (χ1v) is 22.4. The summed E-state index contributed by atoms with van der Waals surface area (Å²) in [7, 11) is -4.65. The van der Waals surface area contributed by atoms with E-state index in [2.05, 4.69) is 73.1 Å². The monoisotopic (exact) mass is 795 g/mol. The zero-order valence-electron chi connectivity index (χ0n) is 34.1. The molecule has 0 aromatic rings. The van der Waals surface area contributed by atoms with Crippen molar-refractivity contribution in [2.75, 3.05) is 26.4 Å². The number of aliphatic hydroxyl groups is 2. The van der Waals surface area contributed by atoms with Crippen molar-refractivity contribution in [1.29, 1.82) is 0 Å². The summed E-state index contributed by atoms with van der Waals surface area (Å²) in [6.07, 6.45) is 44.7. The molecule has 0 radical (unpaired) electrons. The smallest absolute Gasteiger partial charge is 0.462 e. The Morgan fingerprint density at radius 2 is 0.982 bits per heavy atom. The van der Waals surface area contributed by atoms with Gasteiger partial charge in [0.05, 0.1) is 19.8 Å². The minimum atomic E-state index is -4.65. The molecule has 0 aromatic heterocycles. The van der Waals surface area contributed by atoms with Gasteiger partial charge in [0, 0.05) is 12.8 Å².